The molecular formula is C27H31N5O5. The van der Waals surface area contributed by atoms with Crippen molar-refractivity contribution in [3.05, 3.63) is 58.5 Å². The van der Waals surface area contributed by atoms with Crippen LogP contribution in [0.4, 0.5) is 5.82 Å². The first-order valence-corrected chi connectivity index (χ1v) is 12.6. The van der Waals surface area contributed by atoms with Crippen molar-refractivity contribution in [2.24, 2.45) is 5.92 Å². The van der Waals surface area contributed by atoms with Crippen LogP contribution in [-0.4, -0.2) is 65.3 Å². The van der Waals surface area contributed by atoms with Gasteiger partial charge in [-0.2, -0.15) is 0 Å². The molecule has 1 aromatic carbocycles. The summed E-state index contributed by atoms with van der Waals surface area (Å²) in [4.78, 5) is 48.5. The molecule has 0 bridgehead atoms. The van der Waals surface area contributed by atoms with E-state index in [0.29, 0.717) is 55.1 Å². The van der Waals surface area contributed by atoms with Crippen molar-refractivity contribution in [2.75, 3.05) is 37.9 Å². The first-order chi connectivity index (χ1) is 17.9. The molecule has 1 saturated heterocycles. The molecule has 2 aliphatic rings. The summed E-state index contributed by atoms with van der Waals surface area (Å²) in [5, 5.41) is 3.23. The Bertz CT molecular complexity index is 1380. The highest BCUT2D eigenvalue weighted by atomic mass is 16.7. The summed E-state index contributed by atoms with van der Waals surface area (Å²) in [5.74, 6) is 1.06. The maximum absolute atomic E-state index is 13.5. The molecule has 194 valence electrons. The Labute approximate surface area is 214 Å². The highest BCUT2D eigenvalue weighted by Gasteiger charge is 2.32. The summed E-state index contributed by atoms with van der Waals surface area (Å²) < 4.78 is 12.7. The van der Waals surface area contributed by atoms with Gasteiger partial charge in [0.25, 0.3) is 5.91 Å². The second-order valence-corrected chi connectivity index (χ2v) is 9.58. The molecule has 1 N–H and O–H groups in total. The van der Waals surface area contributed by atoms with Gasteiger partial charge in [0.15, 0.2) is 11.5 Å². The summed E-state index contributed by atoms with van der Waals surface area (Å²) in [5.41, 5.74) is 0.247. The number of pyridine rings is 2. The average molecular weight is 506 g/mol. The number of nitrogens with zero attached hydrogens (tertiary/aromatic N) is 4. The van der Waals surface area contributed by atoms with E-state index in [9.17, 15) is 14.4 Å². The standard InChI is InChI=1S/C27H31N5O5/c1-4-30-15-19(25(33)18-13-21-22(14-20(18)30)37-16-36-21)26(34)29-24(17(2)3)27(35)32-11-9-31(10-12-32)23-7-5-6-8-28-23/h5-8,13-15,17,24H,4,9-12,16H2,1-3H3,(H,29,34)/t24-/m1/s1. The highest BCUT2D eigenvalue weighted by molar-refractivity contribution is 6.00. The molecule has 0 unspecified atom stereocenters. The lowest BCUT2D eigenvalue weighted by molar-refractivity contribution is -0.134. The third-order valence-electron chi connectivity index (χ3n) is 6.94. The zero-order valence-corrected chi connectivity index (χ0v) is 21.3. The van der Waals surface area contributed by atoms with Gasteiger partial charge >= 0.3 is 0 Å². The number of rotatable bonds is 6. The fourth-order valence-electron chi connectivity index (χ4n) is 4.83. The van der Waals surface area contributed by atoms with Gasteiger partial charge in [0.1, 0.15) is 17.4 Å². The predicted octanol–water partition coefficient (Wildman–Crippen LogP) is 2.25. The van der Waals surface area contributed by atoms with Gasteiger partial charge in [0.05, 0.1) is 10.9 Å². The van der Waals surface area contributed by atoms with Gasteiger partial charge in [-0.3, -0.25) is 14.4 Å². The largest absolute Gasteiger partial charge is 0.454 e. The van der Waals surface area contributed by atoms with Gasteiger partial charge in [0, 0.05) is 51.2 Å². The molecule has 0 spiro atoms. The van der Waals surface area contributed by atoms with E-state index >= 15 is 0 Å². The van der Waals surface area contributed by atoms with Crippen LogP contribution < -0.4 is 25.1 Å². The summed E-state index contributed by atoms with van der Waals surface area (Å²) in [6, 6.07) is 8.39. The minimum Gasteiger partial charge on any atom is -0.454 e. The van der Waals surface area contributed by atoms with Gasteiger partial charge in [-0.1, -0.05) is 19.9 Å². The number of piperazine rings is 1. The number of carbonyl (C=O) groups is 2. The molecule has 1 atom stereocenters. The number of hydrogen-bond donors (Lipinski definition) is 1. The van der Waals surface area contributed by atoms with Crippen LogP contribution in [-0.2, 0) is 11.3 Å². The van der Waals surface area contributed by atoms with E-state index in [1.54, 1.807) is 29.4 Å². The van der Waals surface area contributed by atoms with E-state index in [4.69, 9.17) is 9.47 Å². The molecule has 37 heavy (non-hydrogen) atoms. The molecule has 10 heteroatoms. The van der Waals surface area contributed by atoms with E-state index in [0.717, 1.165) is 5.82 Å². The number of hydrogen-bond acceptors (Lipinski definition) is 7. The van der Waals surface area contributed by atoms with Crippen LogP contribution in [0.1, 0.15) is 31.1 Å². The third kappa shape index (κ3) is 4.71. The molecule has 0 saturated carbocycles. The Morgan fingerprint density at radius 1 is 1.08 bits per heavy atom. The predicted molar refractivity (Wildman–Crippen MR) is 139 cm³/mol. The number of carbonyl (C=O) groups excluding carboxylic acids is 2. The van der Waals surface area contributed by atoms with Crippen molar-refractivity contribution in [3.8, 4) is 11.5 Å². The Kier molecular flexibility index (Phi) is 6.73. The Hall–Kier alpha value is -4.08. The minimum absolute atomic E-state index is 0.00774. The van der Waals surface area contributed by atoms with E-state index in [-0.39, 0.29) is 24.2 Å². The monoisotopic (exact) mass is 505 g/mol. The second-order valence-electron chi connectivity index (χ2n) is 9.58. The normalized spacial score (nSPS) is 15.8. The van der Waals surface area contributed by atoms with Crippen molar-refractivity contribution in [1.29, 1.82) is 0 Å². The number of aryl methyl sites for hydroxylation is 1. The molecule has 0 aliphatic carbocycles. The zero-order valence-electron chi connectivity index (χ0n) is 21.3. The van der Waals surface area contributed by atoms with Gasteiger partial charge in [0.2, 0.25) is 18.1 Å². The molecule has 5 rings (SSSR count). The highest BCUT2D eigenvalue weighted by Crippen LogP contribution is 2.35. The van der Waals surface area contributed by atoms with Crippen molar-refractivity contribution in [1.82, 2.24) is 19.8 Å². The summed E-state index contributed by atoms with van der Waals surface area (Å²) in [6.07, 6.45) is 3.31. The topological polar surface area (TPSA) is 106 Å². The molecule has 10 nitrogen and oxygen atoms in total. The first-order valence-electron chi connectivity index (χ1n) is 12.6. The molecule has 4 heterocycles. The Balaban J connectivity index is 1.35. The van der Waals surface area contributed by atoms with Gasteiger partial charge < -0.3 is 29.2 Å². The van der Waals surface area contributed by atoms with E-state index < -0.39 is 17.4 Å². The van der Waals surface area contributed by atoms with E-state index in [1.165, 1.54) is 0 Å². The lowest BCUT2D eigenvalue weighted by atomic mass is 10.0. The average Bonchev–Trinajstić information content (AvgIpc) is 3.39. The Morgan fingerprint density at radius 2 is 1.81 bits per heavy atom. The maximum atomic E-state index is 13.5. The number of fused-ring (bicyclic) bond motifs is 2. The van der Waals surface area contributed by atoms with Crippen LogP contribution in [0.2, 0.25) is 0 Å². The number of ether oxygens (including phenoxy) is 2. The van der Waals surface area contributed by atoms with Gasteiger partial charge in [-0.05, 0) is 31.0 Å². The molecule has 3 aromatic rings. The number of anilines is 1. The zero-order chi connectivity index (χ0) is 26.1. The maximum Gasteiger partial charge on any atom is 0.257 e. The van der Waals surface area contributed by atoms with Crippen molar-refractivity contribution in [2.45, 2.75) is 33.4 Å². The SMILES string of the molecule is CCn1cc(C(=O)N[C@@H](C(=O)N2CCN(c3ccccn3)CC2)C(C)C)c(=O)c2cc3c(cc21)OCO3. The number of aromatic nitrogens is 2. The van der Waals surface area contributed by atoms with Gasteiger partial charge in [-0.25, -0.2) is 4.98 Å². The Morgan fingerprint density at radius 3 is 2.46 bits per heavy atom. The van der Waals surface area contributed by atoms with Crippen LogP contribution >= 0.6 is 0 Å². The fourth-order valence-corrected chi connectivity index (χ4v) is 4.83. The molecule has 2 amide bonds. The molecule has 2 aromatic heterocycles. The van der Waals surface area contributed by atoms with Crippen molar-refractivity contribution in [3.63, 3.8) is 0 Å². The quantitative estimate of drug-likeness (QED) is 0.548. The van der Waals surface area contributed by atoms with E-state index in [2.05, 4.69) is 15.2 Å². The number of amides is 2. The smallest absolute Gasteiger partial charge is 0.257 e. The fraction of sp³-hybridized carbons (Fsp3) is 0.407. The van der Waals surface area contributed by atoms with Crippen molar-refractivity contribution < 1.29 is 19.1 Å². The number of benzene rings is 1. The summed E-state index contributed by atoms with van der Waals surface area (Å²) >= 11 is 0. The molecular weight excluding hydrogens is 474 g/mol. The first kappa shape index (κ1) is 24.6. The minimum atomic E-state index is -0.754. The van der Waals surface area contributed by atoms with Crippen LogP contribution in [0.3, 0.4) is 0 Å². The van der Waals surface area contributed by atoms with E-state index in [1.807, 2.05) is 43.5 Å². The van der Waals surface area contributed by atoms with Crippen LogP contribution in [0, 0.1) is 5.92 Å². The summed E-state index contributed by atoms with van der Waals surface area (Å²) in [6.45, 7) is 8.71. The van der Waals surface area contributed by atoms with Crippen LogP contribution in [0.5, 0.6) is 11.5 Å². The lowest BCUT2D eigenvalue weighted by Gasteiger charge is -2.37. The van der Waals surface area contributed by atoms with Gasteiger partial charge in [-0.15, -0.1) is 0 Å². The molecule has 0 radical (unpaired) electrons. The molecule has 2 aliphatic heterocycles. The second kappa shape index (κ2) is 10.1. The molecule has 1 fully saturated rings. The van der Waals surface area contributed by atoms with Crippen LogP contribution in [0.25, 0.3) is 10.9 Å². The van der Waals surface area contributed by atoms with Crippen LogP contribution in [0.15, 0.2) is 47.5 Å². The third-order valence-corrected chi connectivity index (χ3v) is 6.94. The summed E-state index contributed by atoms with van der Waals surface area (Å²) in [7, 11) is 0. The number of nitrogens with one attached hydrogen (secondary N) is 1. The lowest BCUT2D eigenvalue weighted by Crippen LogP contribution is -2.56. The van der Waals surface area contributed by atoms with Crippen molar-refractivity contribution >= 4 is 28.5 Å².